The van der Waals surface area contributed by atoms with Crippen molar-refractivity contribution in [2.75, 3.05) is 19.0 Å². The van der Waals surface area contributed by atoms with E-state index in [2.05, 4.69) is 85.7 Å². The number of aryl methyl sites for hydroxylation is 1. The number of hydrogen-bond acceptors (Lipinski definition) is 2. The van der Waals surface area contributed by atoms with Gasteiger partial charge in [0.2, 0.25) is 0 Å². The van der Waals surface area contributed by atoms with Crippen LogP contribution in [0, 0.1) is 0 Å². The van der Waals surface area contributed by atoms with E-state index in [1.54, 1.807) is 0 Å². The molecule has 4 rings (SSSR count). The SMILES string of the molecule is CN(C)c1ccc(CCCCC2c3ccccc3-c3ccccc32)c([CH2][Ti]([NH2])([Cl])[Cl])c1. The van der Waals surface area contributed by atoms with Crippen molar-refractivity contribution in [3.05, 3.63) is 89.0 Å². The van der Waals surface area contributed by atoms with Crippen LogP contribution in [-0.2, 0) is 25.9 Å². The predicted molar refractivity (Wildman–Crippen MR) is 132 cm³/mol. The molecule has 5 heteroatoms. The van der Waals surface area contributed by atoms with Gasteiger partial charge >= 0.3 is 199 Å². The molecule has 3 aromatic rings. The summed E-state index contributed by atoms with van der Waals surface area (Å²) in [6.07, 6.45) is 4.53. The van der Waals surface area contributed by atoms with Gasteiger partial charge in [0.15, 0.2) is 0 Å². The summed E-state index contributed by atoms with van der Waals surface area (Å²) in [5.41, 5.74) is 9.47. The molecular weight excluding hydrogens is 459 g/mol. The van der Waals surface area contributed by atoms with Gasteiger partial charge in [-0.1, -0.05) is 0 Å². The second-order valence-corrected chi connectivity index (χ2v) is 18.0. The van der Waals surface area contributed by atoms with Gasteiger partial charge in [-0.3, -0.25) is 0 Å². The number of hydrogen-bond donors (Lipinski definition) is 1. The Morgan fingerprint density at radius 3 is 2.03 bits per heavy atom. The molecule has 0 amide bonds. The fourth-order valence-corrected chi connectivity index (χ4v) is 7.28. The van der Waals surface area contributed by atoms with E-state index in [1.807, 2.05) is 0 Å². The first kappa shape index (κ1) is 22.9. The van der Waals surface area contributed by atoms with Crippen LogP contribution in [0.3, 0.4) is 0 Å². The first-order valence-electron chi connectivity index (χ1n) is 11.0. The number of rotatable bonds is 8. The summed E-state index contributed by atoms with van der Waals surface area (Å²) in [4.78, 5) is 2.11. The minimum absolute atomic E-state index is 0.500. The van der Waals surface area contributed by atoms with Crippen LogP contribution in [0.25, 0.3) is 11.1 Å². The molecule has 0 aromatic heterocycles. The molecule has 0 atom stereocenters. The molecule has 0 heterocycles. The van der Waals surface area contributed by atoms with Crippen molar-refractivity contribution in [2.24, 2.45) is 4.22 Å². The van der Waals surface area contributed by atoms with Crippen LogP contribution in [0.4, 0.5) is 5.69 Å². The summed E-state index contributed by atoms with van der Waals surface area (Å²) in [7, 11) is 16.8. The number of anilines is 1. The third-order valence-corrected chi connectivity index (χ3v) is 8.72. The van der Waals surface area contributed by atoms with Crippen LogP contribution in [0.2, 0.25) is 0 Å². The Hall–Kier alpha value is -1.29. The summed E-state index contributed by atoms with van der Waals surface area (Å²) in [6.45, 7) is 0. The molecule has 2 N–H and O–H groups in total. The van der Waals surface area contributed by atoms with Crippen LogP contribution >= 0.6 is 18.6 Å². The van der Waals surface area contributed by atoms with Crippen molar-refractivity contribution in [1.82, 2.24) is 0 Å². The Kier molecular flexibility index (Phi) is 7.15. The third kappa shape index (κ3) is 5.38. The maximum atomic E-state index is 6.33. The van der Waals surface area contributed by atoms with Gasteiger partial charge in [-0.2, -0.15) is 0 Å². The zero-order valence-corrected chi connectivity index (χ0v) is 21.3. The van der Waals surface area contributed by atoms with Crippen LogP contribution in [0.1, 0.15) is 47.4 Å². The van der Waals surface area contributed by atoms with Gasteiger partial charge in [0.1, 0.15) is 0 Å². The van der Waals surface area contributed by atoms with Gasteiger partial charge in [0.05, 0.1) is 0 Å². The Morgan fingerprint density at radius 2 is 1.45 bits per heavy atom. The normalized spacial score (nSPS) is 13.2. The summed E-state index contributed by atoms with van der Waals surface area (Å²) >= 11 is -3.22. The average molecular weight is 489 g/mol. The van der Waals surface area contributed by atoms with E-state index in [1.165, 1.54) is 46.2 Å². The third-order valence-electron chi connectivity index (χ3n) is 6.28. The van der Waals surface area contributed by atoms with E-state index in [0.29, 0.717) is 10.6 Å². The van der Waals surface area contributed by atoms with Gasteiger partial charge in [0.25, 0.3) is 0 Å². The minimum atomic E-state index is -3.22. The predicted octanol–water partition coefficient (Wildman–Crippen LogP) is 7.11. The molecule has 1 aliphatic rings. The second kappa shape index (κ2) is 9.69. The molecule has 0 saturated heterocycles. The van der Waals surface area contributed by atoms with E-state index in [4.69, 9.17) is 22.8 Å². The number of nitrogens with two attached hydrogens (primary N) is 1. The molecule has 1 aliphatic carbocycles. The molecule has 0 unspecified atom stereocenters. The number of fused-ring (bicyclic) bond motifs is 3. The number of unbranched alkanes of at least 4 members (excludes halogenated alkanes) is 1. The quantitative estimate of drug-likeness (QED) is 0.270. The molecule has 0 radical (unpaired) electrons. The molecule has 0 bridgehead atoms. The Bertz CT molecular complexity index is 1010. The van der Waals surface area contributed by atoms with Gasteiger partial charge < -0.3 is 0 Å². The van der Waals surface area contributed by atoms with Crippen molar-refractivity contribution in [1.29, 1.82) is 0 Å². The van der Waals surface area contributed by atoms with Gasteiger partial charge in [-0.05, 0) is 0 Å². The first-order valence-corrected chi connectivity index (χ1v) is 17.3. The van der Waals surface area contributed by atoms with Crippen molar-refractivity contribution in [2.45, 2.75) is 36.3 Å². The fourth-order valence-electron chi connectivity index (χ4n) is 4.79. The van der Waals surface area contributed by atoms with Crippen molar-refractivity contribution >= 4 is 24.3 Å². The fraction of sp³-hybridized carbons (Fsp3) is 0.308. The summed E-state index contributed by atoms with van der Waals surface area (Å²) < 4.78 is 6.72. The molecule has 3 aromatic carbocycles. The average Bonchev–Trinajstić information content (AvgIpc) is 3.05. The van der Waals surface area contributed by atoms with Gasteiger partial charge in [-0.15, -0.1) is 0 Å². The van der Waals surface area contributed by atoms with Crippen molar-refractivity contribution in [3.8, 4) is 11.1 Å². The molecule has 0 saturated carbocycles. The zero-order valence-electron chi connectivity index (χ0n) is 18.2. The molecular formula is C26H30Cl2N2Ti. The summed E-state index contributed by atoms with van der Waals surface area (Å²) in [5, 5.41) is 0. The van der Waals surface area contributed by atoms with Gasteiger partial charge in [-0.25, -0.2) is 0 Å². The van der Waals surface area contributed by atoms with Crippen LogP contribution in [0.15, 0.2) is 66.7 Å². The standard InChI is InChI=1S/C26H28N.2ClH.H2N.Ti/c1-19-18-21(27(2)3)17-16-20(19)10-4-5-11-22-23-12-6-8-14-25(23)26-15-9-7-13-24(22)26;;;;/h6-9,12-18,22H,1,4-5,10-11H2,2-3H3;2*1H;1H2;/q;;;-1;+3/p-2. The summed E-state index contributed by atoms with van der Waals surface area (Å²) in [5.74, 6) is 0.500. The summed E-state index contributed by atoms with van der Waals surface area (Å²) in [6, 6.07) is 24.3. The molecule has 0 aliphatic heterocycles. The number of benzene rings is 3. The van der Waals surface area contributed by atoms with Crippen molar-refractivity contribution in [3.63, 3.8) is 0 Å². The second-order valence-electron chi connectivity index (χ2n) is 8.76. The van der Waals surface area contributed by atoms with Gasteiger partial charge in [0, 0.05) is 0 Å². The Labute approximate surface area is 197 Å². The van der Waals surface area contributed by atoms with E-state index in [9.17, 15) is 0 Å². The molecule has 31 heavy (non-hydrogen) atoms. The Morgan fingerprint density at radius 1 is 0.839 bits per heavy atom. The number of nitrogens with zero attached hydrogens (tertiary/aromatic N) is 1. The van der Waals surface area contributed by atoms with Crippen molar-refractivity contribution < 1.29 is 14.7 Å². The molecule has 162 valence electrons. The van der Waals surface area contributed by atoms with E-state index < -0.39 is 14.7 Å². The molecule has 2 nitrogen and oxygen atoms in total. The number of halogens is 2. The zero-order chi connectivity index (χ0) is 22.0. The van der Waals surface area contributed by atoms with Crippen LogP contribution in [0.5, 0.6) is 0 Å². The van der Waals surface area contributed by atoms with E-state index in [-0.39, 0.29) is 0 Å². The Balaban J connectivity index is 1.45. The molecule has 0 fully saturated rings. The topological polar surface area (TPSA) is 29.3 Å². The monoisotopic (exact) mass is 488 g/mol. The van der Waals surface area contributed by atoms with E-state index >= 15 is 0 Å². The first-order chi connectivity index (χ1) is 14.8. The molecule has 0 spiro atoms. The maximum absolute atomic E-state index is 6.33. The van der Waals surface area contributed by atoms with Crippen LogP contribution < -0.4 is 9.12 Å². The van der Waals surface area contributed by atoms with E-state index in [0.717, 1.165) is 18.5 Å². The van der Waals surface area contributed by atoms with Crippen LogP contribution in [-0.4, -0.2) is 14.1 Å².